The summed E-state index contributed by atoms with van der Waals surface area (Å²) < 4.78 is 0. The third-order valence-corrected chi connectivity index (χ3v) is 18.3. The van der Waals surface area contributed by atoms with E-state index in [2.05, 4.69) is 77.1 Å². The molecule has 0 amide bonds. The Bertz CT molecular complexity index is 2470. The van der Waals surface area contributed by atoms with Gasteiger partial charge in [-0.15, -0.1) is 0 Å². The number of aryl methyl sites for hydroxylation is 1. The largest absolute Gasteiger partial charge is 0.502 e. The molecule has 4 unspecified atom stereocenters. The number of phenols is 2. The fourth-order valence-corrected chi connectivity index (χ4v) is 18.3. The van der Waals surface area contributed by atoms with Crippen LogP contribution >= 0.6 is 0 Å². The molecule has 8 heteroatoms. The summed E-state index contributed by atoms with van der Waals surface area (Å²) in [4.78, 5) is 26.0. The van der Waals surface area contributed by atoms with Crippen LogP contribution in [0.3, 0.4) is 0 Å². The highest BCUT2D eigenvalue weighted by molar-refractivity contribution is 5.87. The number of hydrogen-bond donors (Lipinski definition) is 2. The van der Waals surface area contributed by atoms with Gasteiger partial charge in [0.05, 0.1) is 15.3 Å². The van der Waals surface area contributed by atoms with Gasteiger partial charge in [-0.05, 0) is 174 Å². The molecule has 9 aliphatic rings. The lowest BCUT2D eigenvalue weighted by Crippen LogP contribution is -2.57. The van der Waals surface area contributed by atoms with E-state index in [-0.39, 0.29) is 44.5 Å². The second-order valence-electron chi connectivity index (χ2n) is 24.1. The molecular weight excluding hydrogens is 785 g/mol. The monoisotopic (exact) mass is 848 g/mol. The van der Waals surface area contributed by atoms with Crippen LogP contribution in [0, 0.1) is 53.7 Å². The minimum Gasteiger partial charge on any atom is -0.502 e. The van der Waals surface area contributed by atoms with E-state index in [1.54, 1.807) is 12.1 Å². The summed E-state index contributed by atoms with van der Waals surface area (Å²) in [5, 5.41) is 51.6. The predicted molar refractivity (Wildman–Crippen MR) is 246 cm³/mol. The first kappa shape index (κ1) is 41.0. The Morgan fingerprint density at radius 2 is 1.03 bits per heavy atom. The summed E-state index contributed by atoms with van der Waals surface area (Å²) in [5.41, 5.74) is 5.13. The van der Waals surface area contributed by atoms with E-state index in [0.29, 0.717) is 34.1 Å². The highest BCUT2D eigenvalue weighted by atomic mass is 16.6. The molecule has 0 aliphatic heterocycles. The summed E-state index contributed by atoms with van der Waals surface area (Å²) in [6, 6.07) is 22.3. The summed E-state index contributed by atoms with van der Waals surface area (Å²) in [6.07, 6.45) is 17.3. The molecule has 0 saturated heterocycles. The van der Waals surface area contributed by atoms with E-state index in [4.69, 9.17) is 0 Å². The minimum atomic E-state index is -1.24. The van der Waals surface area contributed by atoms with Crippen molar-refractivity contribution in [2.24, 2.45) is 33.5 Å². The minimum absolute atomic E-state index is 0.0694. The molecule has 8 nitrogen and oxygen atoms in total. The van der Waals surface area contributed by atoms with Crippen LogP contribution in [0.2, 0.25) is 0 Å². The fraction of sp³-hybridized carbons (Fsp3) is 0.564. The van der Waals surface area contributed by atoms with Crippen molar-refractivity contribution < 1.29 is 20.1 Å². The van der Waals surface area contributed by atoms with Crippen LogP contribution < -0.4 is 0 Å². The smallest absolute Gasteiger partial charge is 0.311 e. The number of aromatic hydroxyl groups is 2. The topological polar surface area (TPSA) is 127 Å². The van der Waals surface area contributed by atoms with E-state index in [9.17, 15) is 30.4 Å². The van der Waals surface area contributed by atoms with Crippen molar-refractivity contribution in [1.82, 2.24) is 0 Å². The van der Waals surface area contributed by atoms with Crippen molar-refractivity contribution in [2.45, 2.75) is 160 Å². The SMILES string of the molecule is CCCCCCc1ccc2c(c1)C(c1cc([N+](=O)[O-])c(O)c(C34CC5CC(C)(CC(C)(C5)C3)C4)c1)(c1cc([N+](=O)[O-])c(O)c(C34CC5CC(C)(CC(C)(C5)C3)C4)c1)c1ccccc1-2. The van der Waals surface area contributed by atoms with Crippen LogP contribution in [-0.4, -0.2) is 20.1 Å². The van der Waals surface area contributed by atoms with Gasteiger partial charge in [0.2, 0.25) is 0 Å². The Morgan fingerprint density at radius 3 is 1.49 bits per heavy atom. The van der Waals surface area contributed by atoms with Crippen LogP contribution in [0.15, 0.2) is 66.7 Å². The number of nitro groups is 2. The van der Waals surface area contributed by atoms with E-state index in [1.807, 2.05) is 12.1 Å². The average Bonchev–Trinajstić information content (AvgIpc) is 3.47. The van der Waals surface area contributed by atoms with Gasteiger partial charge in [0.1, 0.15) is 0 Å². The Kier molecular flexibility index (Phi) is 8.74. The average molecular weight is 849 g/mol. The lowest BCUT2D eigenvalue weighted by Gasteiger charge is -2.65. The highest BCUT2D eigenvalue weighted by Crippen LogP contribution is 2.73. The van der Waals surface area contributed by atoms with Crippen LogP contribution in [0.4, 0.5) is 11.4 Å². The van der Waals surface area contributed by atoms with Crippen molar-refractivity contribution in [3.05, 3.63) is 126 Å². The summed E-state index contributed by atoms with van der Waals surface area (Å²) in [7, 11) is 0. The first-order chi connectivity index (χ1) is 29.8. The van der Waals surface area contributed by atoms with Gasteiger partial charge in [-0.1, -0.05) is 96.3 Å². The van der Waals surface area contributed by atoms with Crippen LogP contribution in [-0.2, 0) is 22.7 Å². The third kappa shape index (κ3) is 5.97. The molecule has 0 radical (unpaired) electrons. The zero-order valence-corrected chi connectivity index (χ0v) is 37.9. The molecule has 63 heavy (non-hydrogen) atoms. The fourth-order valence-electron chi connectivity index (χ4n) is 18.3. The normalized spacial score (nSPS) is 36.4. The Morgan fingerprint density at radius 1 is 0.556 bits per heavy atom. The molecule has 2 N–H and O–H groups in total. The molecular formula is C55H64N2O6. The zero-order chi connectivity index (χ0) is 44.1. The molecule has 8 fully saturated rings. The lowest BCUT2D eigenvalue weighted by molar-refractivity contribution is -0.386. The van der Waals surface area contributed by atoms with Crippen molar-refractivity contribution in [1.29, 1.82) is 0 Å². The molecule has 330 valence electrons. The summed E-state index contributed by atoms with van der Waals surface area (Å²) >= 11 is 0. The number of nitro benzene ring substituents is 2. The number of nitrogens with zero attached hydrogens (tertiary/aromatic N) is 2. The maximum atomic E-state index is 13.4. The van der Waals surface area contributed by atoms with Gasteiger partial charge in [0.25, 0.3) is 0 Å². The number of rotatable bonds is 11. The molecule has 8 bridgehead atoms. The van der Waals surface area contributed by atoms with Gasteiger partial charge in [0.15, 0.2) is 11.5 Å². The molecule has 0 heterocycles. The van der Waals surface area contributed by atoms with Crippen LogP contribution in [0.25, 0.3) is 11.1 Å². The maximum absolute atomic E-state index is 13.4. The molecule has 0 spiro atoms. The Labute approximate surface area is 372 Å². The van der Waals surface area contributed by atoms with Crippen LogP contribution in [0.5, 0.6) is 11.5 Å². The first-order valence-corrected chi connectivity index (χ1v) is 24.1. The quantitative estimate of drug-likeness (QED) is 0.0774. The molecule has 4 aromatic rings. The molecule has 8 saturated carbocycles. The molecule has 4 aromatic carbocycles. The summed E-state index contributed by atoms with van der Waals surface area (Å²) in [6.45, 7) is 11.8. The second kappa shape index (κ2) is 13.4. The Hall–Kier alpha value is -4.72. The number of unbranched alkanes of at least 4 members (excludes halogenated alkanes) is 3. The first-order valence-electron chi connectivity index (χ1n) is 24.1. The van der Waals surface area contributed by atoms with Gasteiger partial charge in [-0.25, -0.2) is 0 Å². The van der Waals surface area contributed by atoms with E-state index in [0.717, 1.165) is 137 Å². The molecule has 0 aromatic heterocycles. The number of hydrogen-bond acceptors (Lipinski definition) is 6. The highest BCUT2D eigenvalue weighted by Gasteiger charge is 2.64. The lowest BCUT2D eigenvalue weighted by atomic mass is 9.39. The molecule has 4 atom stereocenters. The third-order valence-electron chi connectivity index (χ3n) is 18.3. The van der Waals surface area contributed by atoms with Gasteiger partial charge < -0.3 is 10.2 Å². The van der Waals surface area contributed by atoms with Crippen molar-refractivity contribution >= 4 is 11.4 Å². The van der Waals surface area contributed by atoms with Crippen molar-refractivity contribution in [3.63, 3.8) is 0 Å². The predicted octanol–water partition coefficient (Wildman–Crippen LogP) is 13.9. The number of phenolic OH excluding ortho intramolecular Hbond substituents is 2. The summed E-state index contributed by atoms with van der Waals surface area (Å²) in [5.74, 6) is 0.469. The second-order valence-corrected chi connectivity index (χ2v) is 24.1. The zero-order valence-electron chi connectivity index (χ0n) is 37.9. The van der Waals surface area contributed by atoms with E-state index < -0.39 is 26.1 Å². The van der Waals surface area contributed by atoms with Crippen molar-refractivity contribution in [2.75, 3.05) is 0 Å². The van der Waals surface area contributed by atoms with Gasteiger partial charge in [-0.2, -0.15) is 0 Å². The van der Waals surface area contributed by atoms with E-state index in [1.165, 1.54) is 0 Å². The maximum Gasteiger partial charge on any atom is 0.311 e. The number of fused-ring (bicyclic) bond motifs is 3. The van der Waals surface area contributed by atoms with Gasteiger partial charge in [-0.3, -0.25) is 20.2 Å². The standard InChI is InChI=1S/C55H64N2O6/c1-6-7-8-9-12-34-15-16-40-39-13-10-11-14-41(39)55(42(40)17-34,37-18-43(47(58)45(20-37)56(60)61)53-26-35-22-49(2,30-53)28-50(3,23-35)31-53)38-19-44(48(59)46(21-38)57(62)63)54-27-36-24-51(4,32-54)29-52(5,25-36)33-54/h10-11,13-21,35-36,58-59H,6-9,12,22-33H2,1-5H3. The molecule has 13 rings (SSSR count). The number of benzene rings is 4. The van der Waals surface area contributed by atoms with E-state index >= 15 is 0 Å². The Balaban J connectivity index is 1.23. The van der Waals surface area contributed by atoms with Crippen molar-refractivity contribution in [3.8, 4) is 22.6 Å². The van der Waals surface area contributed by atoms with Gasteiger partial charge >= 0.3 is 11.4 Å². The van der Waals surface area contributed by atoms with Gasteiger partial charge in [0, 0.05) is 34.1 Å². The van der Waals surface area contributed by atoms with Crippen LogP contribution in [0.1, 0.15) is 176 Å². The molecule has 9 aliphatic carbocycles.